The molecule has 46 heavy (non-hydrogen) atoms. The van der Waals surface area contributed by atoms with Gasteiger partial charge in [0.2, 0.25) is 0 Å². The van der Waals surface area contributed by atoms with E-state index in [2.05, 4.69) is 13.8 Å². The smallest absolute Gasteiger partial charge is 0.168 e. The summed E-state index contributed by atoms with van der Waals surface area (Å²) < 4.78 is 0. The summed E-state index contributed by atoms with van der Waals surface area (Å²) in [6.07, 6.45) is 41.5. The molecule has 0 aliphatic heterocycles. The zero-order valence-corrected chi connectivity index (χ0v) is 32.0. The van der Waals surface area contributed by atoms with Crippen LogP contribution in [0.3, 0.4) is 0 Å². The van der Waals surface area contributed by atoms with Crippen LogP contribution in [0.1, 0.15) is 240 Å². The van der Waals surface area contributed by atoms with Crippen molar-refractivity contribution in [2.75, 3.05) is 0 Å². The molecular weight excluding hydrogens is 564 g/mol. The Morgan fingerprint density at radius 2 is 0.739 bits per heavy atom. The highest BCUT2D eigenvalue weighted by Gasteiger charge is 2.40. The Bertz CT molecular complexity index is 724. The number of ketones is 2. The Labute approximate surface area is 288 Å². The zero-order chi connectivity index (χ0) is 34.1. The van der Waals surface area contributed by atoms with Gasteiger partial charge in [-0.05, 0) is 37.3 Å². The van der Waals surface area contributed by atoms with E-state index in [1.165, 1.54) is 161 Å². The molecule has 1 N–H and O–H groups in total. The maximum absolute atomic E-state index is 13.2. The Balaban J connectivity index is 3.99. The standard InChI is InChI=1S/C43H82O3/c1-6-8-10-12-14-16-18-20-22-24-26-28-30-32-34-36-41(44)38-40(5)43(46,39(3)4)42(45)37-35-33-31-29-27-25-23-21-19-17-15-13-11-9-7-2/h38-39,46H,6-37H2,1-5H3. The summed E-state index contributed by atoms with van der Waals surface area (Å²) in [6.45, 7) is 10.1. The summed E-state index contributed by atoms with van der Waals surface area (Å²) in [6, 6.07) is 0. The van der Waals surface area contributed by atoms with Crippen molar-refractivity contribution in [3.63, 3.8) is 0 Å². The molecule has 0 saturated heterocycles. The molecule has 0 aromatic rings. The van der Waals surface area contributed by atoms with Gasteiger partial charge in [0.05, 0.1) is 0 Å². The van der Waals surface area contributed by atoms with E-state index in [1.54, 1.807) is 13.0 Å². The third-order valence-electron chi connectivity index (χ3n) is 10.3. The van der Waals surface area contributed by atoms with Crippen LogP contribution in [0, 0.1) is 5.92 Å². The predicted molar refractivity (Wildman–Crippen MR) is 203 cm³/mol. The molecular formula is C43H82O3. The molecule has 0 radical (unpaired) electrons. The molecule has 0 aliphatic rings. The first-order valence-electron chi connectivity index (χ1n) is 20.8. The van der Waals surface area contributed by atoms with E-state index >= 15 is 0 Å². The maximum Gasteiger partial charge on any atom is 0.168 e. The first kappa shape index (κ1) is 45.0. The van der Waals surface area contributed by atoms with Gasteiger partial charge in [0, 0.05) is 12.8 Å². The number of carbonyl (C=O) groups excluding carboxylic acids is 2. The molecule has 0 rings (SSSR count). The molecule has 3 nitrogen and oxygen atoms in total. The summed E-state index contributed by atoms with van der Waals surface area (Å²) in [4.78, 5) is 25.9. The molecule has 0 fully saturated rings. The lowest BCUT2D eigenvalue weighted by molar-refractivity contribution is -0.137. The van der Waals surface area contributed by atoms with E-state index in [4.69, 9.17) is 0 Å². The van der Waals surface area contributed by atoms with Gasteiger partial charge in [-0.2, -0.15) is 0 Å². The van der Waals surface area contributed by atoms with Crippen LogP contribution in [-0.2, 0) is 9.59 Å². The fourth-order valence-electron chi connectivity index (χ4n) is 6.94. The van der Waals surface area contributed by atoms with Gasteiger partial charge in [-0.1, -0.05) is 207 Å². The van der Waals surface area contributed by atoms with Gasteiger partial charge in [-0.25, -0.2) is 0 Å². The number of carbonyl (C=O) groups is 2. The van der Waals surface area contributed by atoms with Crippen molar-refractivity contribution in [2.45, 2.75) is 246 Å². The highest BCUT2D eigenvalue weighted by molar-refractivity contribution is 5.95. The fraction of sp³-hybridized carbons (Fsp3) is 0.907. The van der Waals surface area contributed by atoms with Gasteiger partial charge >= 0.3 is 0 Å². The average molecular weight is 647 g/mol. The third kappa shape index (κ3) is 25.1. The largest absolute Gasteiger partial charge is 0.377 e. The van der Waals surface area contributed by atoms with Gasteiger partial charge in [0.15, 0.2) is 11.6 Å². The average Bonchev–Trinajstić information content (AvgIpc) is 3.03. The zero-order valence-electron chi connectivity index (χ0n) is 32.0. The molecule has 3 heteroatoms. The van der Waals surface area contributed by atoms with Gasteiger partial charge in [0.25, 0.3) is 0 Å². The van der Waals surface area contributed by atoms with Crippen LogP contribution in [0.2, 0.25) is 0 Å². The Kier molecular flexibility index (Phi) is 31.9. The normalized spacial score (nSPS) is 13.4. The molecule has 0 amide bonds. The summed E-state index contributed by atoms with van der Waals surface area (Å²) >= 11 is 0. The maximum atomic E-state index is 13.2. The first-order valence-corrected chi connectivity index (χ1v) is 20.8. The number of rotatable bonds is 36. The van der Waals surface area contributed by atoms with Crippen molar-refractivity contribution >= 4 is 11.6 Å². The molecule has 0 aromatic carbocycles. The van der Waals surface area contributed by atoms with E-state index in [0.29, 0.717) is 18.4 Å². The predicted octanol–water partition coefficient (Wildman–Crippen LogP) is 14.0. The molecule has 1 unspecified atom stereocenters. The summed E-state index contributed by atoms with van der Waals surface area (Å²) in [5, 5.41) is 11.4. The second-order valence-electron chi connectivity index (χ2n) is 15.0. The molecule has 0 bridgehead atoms. The minimum absolute atomic E-state index is 0.0473. The topological polar surface area (TPSA) is 54.4 Å². The number of allylic oxidation sites excluding steroid dienone is 1. The van der Waals surface area contributed by atoms with Crippen molar-refractivity contribution in [1.82, 2.24) is 0 Å². The van der Waals surface area contributed by atoms with Crippen LogP contribution in [0.5, 0.6) is 0 Å². The van der Waals surface area contributed by atoms with Crippen LogP contribution < -0.4 is 0 Å². The molecule has 1 atom stereocenters. The van der Waals surface area contributed by atoms with Crippen molar-refractivity contribution in [3.8, 4) is 0 Å². The van der Waals surface area contributed by atoms with Crippen LogP contribution in [0.25, 0.3) is 0 Å². The number of hydrogen-bond donors (Lipinski definition) is 1. The molecule has 0 saturated carbocycles. The lowest BCUT2D eigenvalue weighted by Crippen LogP contribution is -2.45. The fourth-order valence-corrected chi connectivity index (χ4v) is 6.94. The minimum Gasteiger partial charge on any atom is -0.377 e. The van der Waals surface area contributed by atoms with Crippen LogP contribution in [0.15, 0.2) is 11.6 Å². The molecule has 0 aliphatic carbocycles. The Hall–Kier alpha value is -0.960. The molecule has 0 aromatic heterocycles. The first-order chi connectivity index (χ1) is 22.3. The second kappa shape index (κ2) is 32.6. The van der Waals surface area contributed by atoms with Crippen molar-refractivity contribution < 1.29 is 14.7 Å². The van der Waals surface area contributed by atoms with Crippen molar-refractivity contribution in [3.05, 3.63) is 11.6 Å². The van der Waals surface area contributed by atoms with Crippen molar-refractivity contribution in [2.24, 2.45) is 5.92 Å². The number of unbranched alkanes of at least 4 members (excludes halogenated alkanes) is 28. The van der Waals surface area contributed by atoms with Crippen LogP contribution >= 0.6 is 0 Å². The van der Waals surface area contributed by atoms with Crippen LogP contribution in [0.4, 0.5) is 0 Å². The summed E-state index contributed by atoms with van der Waals surface area (Å²) in [5.74, 6) is -0.317. The van der Waals surface area contributed by atoms with Gasteiger partial charge in [-0.3, -0.25) is 9.59 Å². The highest BCUT2D eigenvalue weighted by Crippen LogP contribution is 2.29. The Morgan fingerprint density at radius 1 is 0.478 bits per heavy atom. The molecule has 0 heterocycles. The van der Waals surface area contributed by atoms with Crippen molar-refractivity contribution in [1.29, 1.82) is 0 Å². The summed E-state index contributed by atoms with van der Waals surface area (Å²) in [7, 11) is 0. The Morgan fingerprint density at radius 3 is 1.02 bits per heavy atom. The SMILES string of the molecule is CCCCCCCCCCCCCCCCCC(=O)C=C(C)C(O)(C(=O)CCCCCCCCCCCCCCCCC)C(C)C. The lowest BCUT2D eigenvalue weighted by atomic mass is 9.78. The van der Waals surface area contributed by atoms with Gasteiger partial charge < -0.3 is 5.11 Å². The van der Waals surface area contributed by atoms with Gasteiger partial charge in [-0.15, -0.1) is 0 Å². The van der Waals surface area contributed by atoms with Gasteiger partial charge in [0.1, 0.15) is 5.60 Å². The summed E-state index contributed by atoms with van der Waals surface area (Å²) in [5.41, 5.74) is -1.000. The highest BCUT2D eigenvalue weighted by atomic mass is 16.3. The monoisotopic (exact) mass is 647 g/mol. The number of hydrogen-bond acceptors (Lipinski definition) is 3. The lowest BCUT2D eigenvalue weighted by Gasteiger charge is -2.32. The molecule has 272 valence electrons. The van der Waals surface area contributed by atoms with E-state index in [9.17, 15) is 14.7 Å². The minimum atomic E-state index is -1.53. The van der Waals surface area contributed by atoms with E-state index in [1.807, 2.05) is 13.8 Å². The van der Waals surface area contributed by atoms with E-state index in [0.717, 1.165) is 32.1 Å². The van der Waals surface area contributed by atoms with E-state index < -0.39 is 5.60 Å². The number of Topliss-reactive ketones (excluding diaryl/α,β-unsaturated/α-hetero) is 1. The third-order valence-corrected chi connectivity index (χ3v) is 10.3. The molecule has 0 spiro atoms. The van der Waals surface area contributed by atoms with E-state index in [-0.39, 0.29) is 17.5 Å². The number of aliphatic hydroxyl groups is 1. The second-order valence-corrected chi connectivity index (χ2v) is 15.0. The quantitative estimate of drug-likeness (QED) is 0.0544. The van der Waals surface area contributed by atoms with Crippen LogP contribution in [-0.4, -0.2) is 22.3 Å².